The van der Waals surface area contributed by atoms with Gasteiger partial charge < -0.3 is 4.42 Å². The first kappa shape index (κ1) is 21.0. The van der Waals surface area contributed by atoms with E-state index in [9.17, 15) is 9.59 Å². The van der Waals surface area contributed by atoms with E-state index in [0.29, 0.717) is 21.7 Å². The van der Waals surface area contributed by atoms with Crippen LogP contribution in [0.4, 0.5) is 5.13 Å². The van der Waals surface area contributed by atoms with Crippen LogP contribution in [0.3, 0.4) is 0 Å². The molecule has 8 heteroatoms. The minimum atomic E-state index is -0.640. The zero-order chi connectivity index (χ0) is 22.8. The Morgan fingerprint density at radius 1 is 1.06 bits per heavy atom. The first-order valence-electron chi connectivity index (χ1n) is 10.2. The molecule has 0 saturated carbocycles. The molecule has 3 heterocycles. The minimum absolute atomic E-state index is 0.0144. The van der Waals surface area contributed by atoms with E-state index in [0.717, 1.165) is 15.0 Å². The number of halogens is 1. The van der Waals surface area contributed by atoms with Crippen LogP contribution in [0.25, 0.3) is 11.0 Å². The molecule has 2 aromatic heterocycles. The van der Waals surface area contributed by atoms with Gasteiger partial charge in [-0.3, -0.25) is 14.5 Å². The highest BCUT2D eigenvalue weighted by Crippen LogP contribution is 2.42. The summed E-state index contributed by atoms with van der Waals surface area (Å²) >= 11 is 4.73. The van der Waals surface area contributed by atoms with Crippen LogP contribution in [-0.2, 0) is 5.41 Å². The molecule has 6 nitrogen and oxygen atoms in total. The van der Waals surface area contributed by atoms with E-state index >= 15 is 0 Å². The molecule has 1 unspecified atom stereocenters. The molecule has 1 amide bonds. The summed E-state index contributed by atoms with van der Waals surface area (Å²) in [6.45, 7) is 8.26. The third-order valence-corrected chi connectivity index (χ3v) is 6.98. The number of aryl methyl sites for hydroxylation is 1. The number of amides is 1. The number of aromatic nitrogens is 2. The van der Waals surface area contributed by atoms with Crippen LogP contribution in [-0.4, -0.2) is 16.1 Å². The second-order valence-corrected chi connectivity index (χ2v) is 10.9. The molecule has 4 aromatic rings. The predicted molar refractivity (Wildman–Crippen MR) is 129 cm³/mol. The van der Waals surface area contributed by atoms with Gasteiger partial charge in [0.15, 0.2) is 5.43 Å². The van der Waals surface area contributed by atoms with Gasteiger partial charge in [0.2, 0.25) is 10.9 Å². The number of carbonyl (C=O) groups is 1. The second-order valence-electron chi connectivity index (χ2n) is 8.87. The fraction of sp³-hybridized carbons (Fsp3) is 0.250. The van der Waals surface area contributed by atoms with E-state index in [-0.39, 0.29) is 22.5 Å². The average Bonchev–Trinajstić information content (AvgIpc) is 3.29. The number of hydrogen-bond acceptors (Lipinski definition) is 6. The molecule has 0 fully saturated rings. The summed E-state index contributed by atoms with van der Waals surface area (Å²) in [5, 5.41) is 9.88. The summed E-state index contributed by atoms with van der Waals surface area (Å²) in [6, 6.07) is 12.6. The van der Waals surface area contributed by atoms with Crippen LogP contribution in [0.1, 0.15) is 59.1 Å². The van der Waals surface area contributed by atoms with Crippen molar-refractivity contribution in [3.63, 3.8) is 0 Å². The molecule has 0 bridgehead atoms. The molecule has 0 saturated heterocycles. The molecule has 0 radical (unpaired) electrons. The van der Waals surface area contributed by atoms with E-state index in [1.54, 1.807) is 18.2 Å². The normalized spacial score (nSPS) is 16.1. The number of rotatable bonds is 2. The predicted octanol–water partition coefficient (Wildman–Crippen LogP) is 5.76. The Balaban J connectivity index is 1.77. The van der Waals surface area contributed by atoms with Crippen molar-refractivity contribution >= 4 is 49.3 Å². The smallest absolute Gasteiger partial charge is 0.297 e. The summed E-state index contributed by atoms with van der Waals surface area (Å²) in [5.74, 6) is -0.328. The summed E-state index contributed by atoms with van der Waals surface area (Å²) in [7, 11) is 0. The van der Waals surface area contributed by atoms with Crippen molar-refractivity contribution in [1.82, 2.24) is 10.2 Å². The maximum Gasteiger partial charge on any atom is 0.297 e. The molecule has 2 aromatic carbocycles. The first-order chi connectivity index (χ1) is 15.1. The van der Waals surface area contributed by atoms with E-state index in [1.807, 2.05) is 31.2 Å². The third-order valence-electron chi connectivity index (χ3n) is 5.65. The summed E-state index contributed by atoms with van der Waals surface area (Å²) < 4.78 is 6.75. The minimum Gasteiger partial charge on any atom is -0.450 e. The number of carbonyl (C=O) groups excluding carboxylic acids is 1. The molecule has 162 valence electrons. The fourth-order valence-corrected chi connectivity index (χ4v) is 5.08. The van der Waals surface area contributed by atoms with E-state index in [1.165, 1.54) is 21.8 Å². The summed E-state index contributed by atoms with van der Waals surface area (Å²) in [4.78, 5) is 28.6. The zero-order valence-corrected chi connectivity index (χ0v) is 20.4. The zero-order valence-electron chi connectivity index (χ0n) is 18.0. The molecule has 1 atom stereocenters. The number of hydrogen-bond donors (Lipinski definition) is 0. The standard InChI is InChI=1S/C24H20BrN3O3S/c1-12-26-27-23(32-12)28-19(13-5-7-14(8-6-13)24(2,3)4)18-20(29)16-11-15(25)9-10-17(16)31-21(18)22(28)30/h5-11,19H,1-4H3. The lowest BCUT2D eigenvalue weighted by Gasteiger charge is -2.24. The molecular weight excluding hydrogens is 490 g/mol. The van der Waals surface area contributed by atoms with Gasteiger partial charge in [0.1, 0.15) is 10.6 Å². The van der Waals surface area contributed by atoms with Crippen LogP contribution in [0.2, 0.25) is 0 Å². The van der Waals surface area contributed by atoms with Crippen LogP contribution >= 0.6 is 27.3 Å². The van der Waals surface area contributed by atoms with Crippen molar-refractivity contribution in [3.8, 4) is 0 Å². The molecule has 1 aliphatic heterocycles. The largest absolute Gasteiger partial charge is 0.450 e. The molecule has 0 N–H and O–H groups in total. The van der Waals surface area contributed by atoms with Gasteiger partial charge in [-0.05, 0) is 41.7 Å². The van der Waals surface area contributed by atoms with E-state index < -0.39 is 6.04 Å². The van der Waals surface area contributed by atoms with Crippen molar-refractivity contribution in [3.05, 3.63) is 84.6 Å². The van der Waals surface area contributed by atoms with Crippen molar-refractivity contribution in [1.29, 1.82) is 0 Å². The highest BCUT2D eigenvalue weighted by atomic mass is 79.9. The topological polar surface area (TPSA) is 76.3 Å². The van der Waals surface area contributed by atoms with Crippen molar-refractivity contribution in [2.45, 2.75) is 39.2 Å². The lowest BCUT2D eigenvalue weighted by Crippen LogP contribution is -2.29. The van der Waals surface area contributed by atoms with Crippen LogP contribution in [0.15, 0.2) is 56.1 Å². The van der Waals surface area contributed by atoms with Crippen molar-refractivity contribution < 1.29 is 9.21 Å². The van der Waals surface area contributed by atoms with Crippen molar-refractivity contribution in [2.75, 3.05) is 4.90 Å². The van der Waals surface area contributed by atoms with Crippen molar-refractivity contribution in [2.24, 2.45) is 0 Å². The summed E-state index contributed by atoms with van der Waals surface area (Å²) in [5.41, 5.74) is 2.46. The summed E-state index contributed by atoms with van der Waals surface area (Å²) in [6.07, 6.45) is 0. The van der Waals surface area contributed by atoms with Gasteiger partial charge in [-0.25, -0.2) is 0 Å². The quantitative estimate of drug-likeness (QED) is 0.343. The Bertz CT molecular complexity index is 1430. The third kappa shape index (κ3) is 3.29. The van der Waals surface area contributed by atoms with Gasteiger partial charge in [-0.2, -0.15) is 0 Å². The van der Waals surface area contributed by atoms with E-state index in [4.69, 9.17) is 4.42 Å². The molecule has 0 aliphatic carbocycles. The van der Waals surface area contributed by atoms with Crippen LogP contribution in [0, 0.1) is 6.92 Å². The Morgan fingerprint density at radius 3 is 2.41 bits per heavy atom. The first-order valence-corrected chi connectivity index (χ1v) is 11.8. The lowest BCUT2D eigenvalue weighted by molar-refractivity contribution is 0.0970. The Morgan fingerprint density at radius 2 is 1.78 bits per heavy atom. The van der Waals surface area contributed by atoms with Crippen LogP contribution < -0.4 is 10.3 Å². The maximum absolute atomic E-state index is 13.6. The van der Waals surface area contributed by atoms with Gasteiger partial charge in [0.25, 0.3) is 5.91 Å². The van der Waals surface area contributed by atoms with Gasteiger partial charge in [-0.1, -0.05) is 72.3 Å². The Hall–Kier alpha value is -2.84. The van der Waals surface area contributed by atoms with Gasteiger partial charge >= 0.3 is 0 Å². The van der Waals surface area contributed by atoms with Gasteiger partial charge in [-0.15, -0.1) is 10.2 Å². The maximum atomic E-state index is 13.6. The molecule has 1 aliphatic rings. The molecule has 32 heavy (non-hydrogen) atoms. The molecule has 5 rings (SSSR count). The monoisotopic (exact) mass is 509 g/mol. The molecular formula is C24H20BrN3O3S. The average molecular weight is 510 g/mol. The number of fused-ring (bicyclic) bond motifs is 2. The van der Waals surface area contributed by atoms with Crippen LogP contribution in [0.5, 0.6) is 0 Å². The number of anilines is 1. The van der Waals surface area contributed by atoms with E-state index in [2.05, 4.69) is 46.9 Å². The molecule has 0 spiro atoms. The highest BCUT2D eigenvalue weighted by molar-refractivity contribution is 9.10. The second kappa shape index (κ2) is 7.35. The number of benzene rings is 2. The highest BCUT2D eigenvalue weighted by Gasteiger charge is 2.45. The number of nitrogens with zero attached hydrogens (tertiary/aromatic N) is 3. The SMILES string of the molecule is Cc1nnc(N2C(=O)c3oc4ccc(Br)cc4c(=O)c3C2c2ccc(C(C)(C)C)cc2)s1. The lowest BCUT2D eigenvalue weighted by atomic mass is 9.86. The Labute approximate surface area is 197 Å². The fourth-order valence-electron chi connectivity index (χ4n) is 4.01. The Kier molecular flexibility index (Phi) is 4.83. The van der Waals surface area contributed by atoms with Gasteiger partial charge in [0.05, 0.1) is 17.0 Å². The van der Waals surface area contributed by atoms with Gasteiger partial charge in [0, 0.05) is 4.47 Å².